The third-order valence-corrected chi connectivity index (χ3v) is 4.62. The van der Waals surface area contributed by atoms with Crippen molar-refractivity contribution >= 4 is 46.4 Å². The summed E-state index contributed by atoms with van der Waals surface area (Å²) < 4.78 is 9.53. The highest BCUT2D eigenvalue weighted by atomic mass is 16.5. The Morgan fingerprint density at radius 2 is 0.917 bits per heavy atom. The Labute approximate surface area is 207 Å². The van der Waals surface area contributed by atoms with Gasteiger partial charge in [0.2, 0.25) is 11.8 Å². The number of aromatic nitrogens is 1. The molecule has 1 aromatic heterocycles. The summed E-state index contributed by atoms with van der Waals surface area (Å²) in [4.78, 5) is 52.6. The molecular weight excluding hydrogens is 466 g/mol. The summed E-state index contributed by atoms with van der Waals surface area (Å²) in [6.45, 7) is -0.126. The van der Waals surface area contributed by atoms with Crippen LogP contribution in [0.4, 0.5) is 22.7 Å². The third-order valence-electron chi connectivity index (χ3n) is 4.62. The molecule has 11 nitrogen and oxygen atoms in total. The number of nitrogens with zero attached hydrogens (tertiary/aromatic N) is 1. The first-order valence-electron chi connectivity index (χ1n) is 10.8. The summed E-state index contributed by atoms with van der Waals surface area (Å²) in [6, 6.07) is 17.6. The Morgan fingerprint density at radius 1 is 0.583 bits per heavy atom. The molecule has 0 atom stereocenters. The maximum absolute atomic E-state index is 12.6. The van der Waals surface area contributed by atoms with Crippen LogP contribution in [-0.2, 0) is 19.1 Å². The number of methoxy groups -OCH3 is 2. The lowest BCUT2D eigenvalue weighted by molar-refractivity contribution is -0.120. The van der Waals surface area contributed by atoms with Gasteiger partial charge in [-0.2, -0.15) is 0 Å². The SMILES string of the molecule is COCC(=O)Nc1ccc(NC(=O)c2cccc(C(=O)Nc3ccc(NC(=O)COC)cc3)n2)cc1. The second-order valence-corrected chi connectivity index (χ2v) is 7.43. The number of hydrogen-bond donors (Lipinski definition) is 4. The maximum Gasteiger partial charge on any atom is 0.274 e. The summed E-state index contributed by atoms with van der Waals surface area (Å²) in [6.07, 6.45) is 0. The van der Waals surface area contributed by atoms with Gasteiger partial charge in [0.05, 0.1) is 0 Å². The Balaban J connectivity index is 1.59. The summed E-state index contributed by atoms with van der Waals surface area (Å²) in [7, 11) is 2.85. The predicted molar refractivity (Wildman–Crippen MR) is 134 cm³/mol. The quantitative estimate of drug-likeness (QED) is 0.341. The number of carbonyl (C=O) groups excluding carboxylic acids is 4. The third kappa shape index (κ3) is 7.72. The second-order valence-electron chi connectivity index (χ2n) is 7.43. The van der Waals surface area contributed by atoms with E-state index < -0.39 is 11.8 Å². The van der Waals surface area contributed by atoms with Crippen LogP contribution in [0.5, 0.6) is 0 Å². The van der Waals surface area contributed by atoms with Gasteiger partial charge in [0.15, 0.2) is 0 Å². The topological polar surface area (TPSA) is 148 Å². The summed E-state index contributed by atoms with van der Waals surface area (Å²) in [5.41, 5.74) is 2.18. The van der Waals surface area contributed by atoms with Crippen LogP contribution in [0.3, 0.4) is 0 Å². The van der Waals surface area contributed by atoms with E-state index in [4.69, 9.17) is 9.47 Å². The van der Waals surface area contributed by atoms with Gasteiger partial charge in [-0.3, -0.25) is 19.2 Å². The molecule has 0 aliphatic carbocycles. The molecule has 1 heterocycles. The maximum atomic E-state index is 12.6. The van der Waals surface area contributed by atoms with Crippen molar-refractivity contribution in [3.05, 3.63) is 78.1 Å². The van der Waals surface area contributed by atoms with E-state index >= 15 is 0 Å². The van der Waals surface area contributed by atoms with Crippen molar-refractivity contribution in [2.75, 3.05) is 48.7 Å². The lowest BCUT2D eigenvalue weighted by atomic mass is 10.2. The zero-order chi connectivity index (χ0) is 25.9. The van der Waals surface area contributed by atoms with Crippen molar-refractivity contribution in [1.82, 2.24) is 4.98 Å². The molecule has 3 rings (SSSR count). The average molecular weight is 492 g/mol. The van der Waals surface area contributed by atoms with Crippen LogP contribution in [0.15, 0.2) is 66.7 Å². The van der Waals surface area contributed by atoms with Gasteiger partial charge >= 0.3 is 0 Å². The predicted octanol–water partition coefficient (Wildman–Crippen LogP) is 2.76. The van der Waals surface area contributed by atoms with Crippen LogP contribution in [0, 0.1) is 0 Å². The zero-order valence-electron chi connectivity index (χ0n) is 19.7. The van der Waals surface area contributed by atoms with E-state index in [9.17, 15) is 19.2 Å². The fourth-order valence-corrected chi connectivity index (χ4v) is 3.01. The number of pyridine rings is 1. The summed E-state index contributed by atoms with van der Waals surface area (Å²) in [5, 5.41) is 10.7. The van der Waals surface area contributed by atoms with Gasteiger partial charge in [0.25, 0.3) is 11.8 Å². The zero-order valence-corrected chi connectivity index (χ0v) is 19.7. The van der Waals surface area contributed by atoms with Crippen LogP contribution in [0.2, 0.25) is 0 Å². The van der Waals surface area contributed by atoms with Crippen molar-refractivity contribution in [2.24, 2.45) is 0 Å². The van der Waals surface area contributed by atoms with Crippen LogP contribution < -0.4 is 21.3 Å². The first-order valence-corrected chi connectivity index (χ1v) is 10.8. The van der Waals surface area contributed by atoms with Gasteiger partial charge in [0.1, 0.15) is 24.6 Å². The lowest BCUT2D eigenvalue weighted by Gasteiger charge is -2.09. The monoisotopic (exact) mass is 491 g/mol. The number of amides is 4. The van der Waals surface area contributed by atoms with Crippen molar-refractivity contribution in [3.8, 4) is 0 Å². The highest BCUT2D eigenvalue weighted by Crippen LogP contribution is 2.16. The minimum Gasteiger partial charge on any atom is -0.375 e. The molecular formula is C25H25N5O6. The van der Waals surface area contributed by atoms with Crippen LogP contribution in [-0.4, -0.2) is 56.0 Å². The minimum absolute atomic E-state index is 0.0522. The molecule has 0 aliphatic rings. The van der Waals surface area contributed by atoms with Gasteiger partial charge in [0, 0.05) is 37.0 Å². The molecule has 0 saturated heterocycles. The Morgan fingerprint density at radius 3 is 1.25 bits per heavy atom. The molecule has 4 N–H and O–H groups in total. The number of anilines is 4. The molecule has 0 radical (unpaired) electrons. The normalized spacial score (nSPS) is 10.3. The van der Waals surface area contributed by atoms with Gasteiger partial charge in [-0.25, -0.2) is 4.98 Å². The Kier molecular flexibility index (Phi) is 9.20. The summed E-state index contributed by atoms with van der Waals surface area (Å²) >= 11 is 0. The van der Waals surface area contributed by atoms with Gasteiger partial charge < -0.3 is 30.7 Å². The van der Waals surface area contributed by atoms with Crippen LogP contribution in [0.25, 0.3) is 0 Å². The van der Waals surface area contributed by atoms with E-state index in [0.29, 0.717) is 22.7 Å². The molecule has 2 aromatic carbocycles. The molecule has 0 unspecified atom stereocenters. The number of ether oxygens (including phenoxy) is 2. The fraction of sp³-hybridized carbons (Fsp3) is 0.160. The van der Waals surface area contributed by atoms with Crippen molar-refractivity contribution < 1.29 is 28.7 Å². The standard InChI is InChI=1S/C25H25N5O6/c1-35-14-22(31)26-16-6-10-18(11-7-16)28-24(33)20-4-3-5-21(30-20)25(34)29-19-12-8-17(9-13-19)27-23(32)15-36-2/h3-13H,14-15H2,1-2H3,(H,26,31)(H,27,32)(H,28,33)(H,29,34). The highest BCUT2D eigenvalue weighted by molar-refractivity contribution is 6.06. The number of hydrogen-bond acceptors (Lipinski definition) is 7. The molecule has 0 bridgehead atoms. The van der Waals surface area contributed by atoms with Gasteiger partial charge in [-0.15, -0.1) is 0 Å². The smallest absolute Gasteiger partial charge is 0.274 e. The van der Waals surface area contributed by atoms with E-state index in [1.54, 1.807) is 54.6 Å². The largest absolute Gasteiger partial charge is 0.375 e. The fourth-order valence-electron chi connectivity index (χ4n) is 3.01. The molecule has 11 heteroatoms. The first-order chi connectivity index (χ1) is 17.4. The number of carbonyl (C=O) groups is 4. The van der Waals surface area contributed by atoms with E-state index in [1.807, 2.05) is 0 Å². The van der Waals surface area contributed by atoms with Crippen molar-refractivity contribution in [2.45, 2.75) is 0 Å². The molecule has 36 heavy (non-hydrogen) atoms. The first kappa shape index (κ1) is 26.0. The van der Waals surface area contributed by atoms with Gasteiger partial charge in [-0.1, -0.05) is 6.07 Å². The molecule has 0 fully saturated rings. The van der Waals surface area contributed by atoms with Crippen LogP contribution >= 0.6 is 0 Å². The lowest BCUT2D eigenvalue weighted by Crippen LogP contribution is -2.19. The van der Waals surface area contributed by atoms with Gasteiger partial charge in [-0.05, 0) is 60.7 Å². The molecule has 0 spiro atoms. The highest BCUT2D eigenvalue weighted by Gasteiger charge is 2.13. The number of rotatable bonds is 10. The van der Waals surface area contributed by atoms with E-state index in [2.05, 4.69) is 26.3 Å². The second kappa shape index (κ2) is 12.7. The number of benzene rings is 2. The molecule has 0 saturated carbocycles. The van der Waals surface area contributed by atoms with Crippen molar-refractivity contribution in [1.29, 1.82) is 0 Å². The Hall–Kier alpha value is -4.61. The average Bonchev–Trinajstić information content (AvgIpc) is 2.87. The molecule has 4 amide bonds. The molecule has 0 aliphatic heterocycles. The van der Waals surface area contributed by atoms with Crippen LogP contribution in [0.1, 0.15) is 21.0 Å². The van der Waals surface area contributed by atoms with E-state index in [0.717, 1.165) is 0 Å². The van der Waals surface area contributed by atoms with Crippen molar-refractivity contribution in [3.63, 3.8) is 0 Å². The molecule has 3 aromatic rings. The summed E-state index contributed by atoms with van der Waals surface area (Å²) in [5.74, 6) is -1.59. The number of nitrogens with one attached hydrogen (secondary N) is 4. The van der Waals surface area contributed by atoms with E-state index in [1.165, 1.54) is 26.4 Å². The van der Waals surface area contributed by atoms with E-state index in [-0.39, 0.29) is 36.4 Å². The molecule has 186 valence electrons. The Bertz CT molecular complexity index is 1140. The minimum atomic E-state index is -0.503.